The smallest absolute Gasteiger partial charge is 0.343 e. The third kappa shape index (κ3) is 7.47. The number of hydrogen-bond donors (Lipinski definition) is 0. The van der Waals surface area contributed by atoms with Gasteiger partial charge < -0.3 is 14.2 Å². The summed E-state index contributed by atoms with van der Waals surface area (Å²) in [6, 6.07) is 16.7. The molecule has 0 amide bonds. The van der Waals surface area contributed by atoms with Crippen LogP contribution in [0.2, 0.25) is 10.0 Å². The quantitative estimate of drug-likeness (QED) is 0.114. The van der Waals surface area contributed by atoms with E-state index >= 15 is 0 Å². The number of benzene rings is 3. The van der Waals surface area contributed by atoms with Crippen molar-refractivity contribution in [3.05, 3.63) is 76.3 Å². The molecule has 178 valence electrons. The van der Waals surface area contributed by atoms with Crippen LogP contribution in [-0.4, -0.2) is 19.7 Å². The van der Waals surface area contributed by atoms with E-state index in [1.165, 1.54) is 20.0 Å². The number of unbranched alkanes of at least 4 members (excludes halogenated alkanes) is 3. The first-order valence-electron chi connectivity index (χ1n) is 11.0. The largest absolute Gasteiger partial charge is 0.494 e. The zero-order valence-electron chi connectivity index (χ0n) is 19.1. The van der Waals surface area contributed by atoms with Gasteiger partial charge in [-0.25, -0.2) is 4.79 Å². The highest BCUT2D eigenvalue weighted by atomic mass is 35.5. The fourth-order valence-electron chi connectivity index (χ4n) is 3.03. The van der Waals surface area contributed by atoms with Gasteiger partial charge in [-0.05, 0) is 61.0 Å². The fourth-order valence-corrected chi connectivity index (χ4v) is 3.32. The number of halogens is 2. The van der Waals surface area contributed by atoms with Crippen LogP contribution < -0.4 is 14.2 Å². The fraction of sp³-hybridized carbons (Fsp3) is 0.269. The Balaban J connectivity index is 1.61. The Labute approximate surface area is 209 Å². The van der Waals surface area contributed by atoms with E-state index < -0.39 is 5.97 Å². The van der Waals surface area contributed by atoms with Gasteiger partial charge in [-0.3, -0.25) is 0 Å². The molecular formula is C26H26Cl2N2O4. The summed E-state index contributed by atoms with van der Waals surface area (Å²) in [7, 11) is 1.49. The Morgan fingerprint density at radius 1 is 0.824 bits per heavy atom. The molecule has 6 nitrogen and oxygen atoms in total. The lowest BCUT2D eigenvalue weighted by Crippen LogP contribution is -2.09. The molecule has 3 rings (SSSR count). The topological polar surface area (TPSA) is 69.5 Å². The second kappa shape index (κ2) is 13.0. The molecule has 34 heavy (non-hydrogen) atoms. The number of hydrogen-bond acceptors (Lipinski definition) is 6. The molecule has 0 saturated carbocycles. The monoisotopic (exact) mass is 500 g/mol. The first kappa shape index (κ1) is 25.5. The van der Waals surface area contributed by atoms with Crippen LogP contribution in [0.25, 0.3) is 0 Å². The van der Waals surface area contributed by atoms with Crippen molar-refractivity contribution >= 4 is 40.5 Å². The second-order valence-corrected chi connectivity index (χ2v) is 8.27. The lowest BCUT2D eigenvalue weighted by molar-refractivity contribution is 0.0729. The molecule has 0 aliphatic carbocycles. The second-order valence-electron chi connectivity index (χ2n) is 7.46. The van der Waals surface area contributed by atoms with Crippen LogP contribution in [0.1, 0.15) is 43.0 Å². The molecule has 3 aromatic carbocycles. The molecule has 0 heterocycles. The number of carbonyl (C=O) groups is 1. The standard InChI is InChI=1S/C26H26Cl2N2O4/c1-3-4-5-6-15-33-21-11-7-18(8-12-21)26(31)34-24-14-10-20(17-25(24)32-2)30-29-19-9-13-22(27)23(28)16-19/h7-14,16-17H,3-6,15H2,1-2H3. The predicted octanol–water partition coefficient (Wildman–Crippen LogP) is 8.60. The summed E-state index contributed by atoms with van der Waals surface area (Å²) < 4.78 is 16.6. The van der Waals surface area contributed by atoms with Crippen LogP contribution >= 0.6 is 23.2 Å². The van der Waals surface area contributed by atoms with E-state index in [-0.39, 0.29) is 5.75 Å². The molecule has 0 aliphatic rings. The highest BCUT2D eigenvalue weighted by molar-refractivity contribution is 6.42. The number of azo groups is 1. The van der Waals surface area contributed by atoms with Gasteiger partial charge in [0.2, 0.25) is 0 Å². The molecule has 0 bridgehead atoms. The maximum atomic E-state index is 12.6. The number of carbonyl (C=O) groups excluding carboxylic acids is 1. The predicted molar refractivity (Wildman–Crippen MR) is 135 cm³/mol. The molecule has 0 aliphatic heterocycles. The molecule has 8 heteroatoms. The highest BCUT2D eigenvalue weighted by Gasteiger charge is 2.13. The Kier molecular flexibility index (Phi) is 9.74. The maximum absolute atomic E-state index is 12.6. The molecule has 0 radical (unpaired) electrons. The van der Waals surface area contributed by atoms with Crippen LogP contribution in [0.4, 0.5) is 11.4 Å². The minimum absolute atomic E-state index is 0.275. The summed E-state index contributed by atoms with van der Waals surface area (Å²) in [5.74, 6) is 0.850. The van der Waals surface area contributed by atoms with Gasteiger partial charge in [-0.1, -0.05) is 49.4 Å². The van der Waals surface area contributed by atoms with Gasteiger partial charge in [0.05, 0.1) is 40.7 Å². The molecule has 0 atom stereocenters. The van der Waals surface area contributed by atoms with E-state index in [0.29, 0.717) is 39.3 Å². The van der Waals surface area contributed by atoms with Crippen LogP contribution in [0.5, 0.6) is 17.2 Å². The van der Waals surface area contributed by atoms with Crippen molar-refractivity contribution in [1.29, 1.82) is 0 Å². The Hall–Kier alpha value is -3.09. The van der Waals surface area contributed by atoms with Crippen molar-refractivity contribution < 1.29 is 19.0 Å². The minimum Gasteiger partial charge on any atom is -0.494 e. The molecule has 0 spiro atoms. The highest BCUT2D eigenvalue weighted by Crippen LogP contribution is 2.33. The number of esters is 1. The van der Waals surface area contributed by atoms with Gasteiger partial charge in [-0.2, -0.15) is 10.2 Å². The SMILES string of the molecule is CCCCCCOc1ccc(C(=O)Oc2ccc(N=Nc3ccc(Cl)c(Cl)c3)cc2OC)cc1. The van der Waals surface area contributed by atoms with Gasteiger partial charge in [0.25, 0.3) is 0 Å². The maximum Gasteiger partial charge on any atom is 0.343 e. The van der Waals surface area contributed by atoms with Crippen LogP contribution in [0.3, 0.4) is 0 Å². The van der Waals surface area contributed by atoms with E-state index in [1.54, 1.807) is 60.7 Å². The van der Waals surface area contributed by atoms with E-state index in [0.717, 1.165) is 18.6 Å². The van der Waals surface area contributed by atoms with Crippen molar-refractivity contribution in [3.8, 4) is 17.2 Å². The molecule has 0 N–H and O–H groups in total. The third-order valence-electron chi connectivity index (χ3n) is 4.89. The van der Waals surface area contributed by atoms with Crippen LogP contribution in [-0.2, 0) is 0 Å². The summed E-state index contributed by atoms with van der Waals surface area (Å²) in [5, 5.41) is 9.15. The molecule has 3 aromatic rings. The van der Waals surface area contributed by atoms with E-state index in [9.17, 15) is 4.79 Å². The first-order valence-corrected chi connectivity index (χ1v) is 11.8. The van der Waals surface area contributed by atoms with E-state index in [2.05, 4.69) is 17.2 Å². The Morgan fingerprint density at radius 2 is 1.53 bits per heavy atom. The zero-order chi connectivity index (χ0) is 24.3. The molecule has 0 aromatic heterocycles. The van der Waals surface area contributed by atoms with Crippen LogP contribution in [0, 0.1) is 0 Å². The summed E-state index contributed by atoms with van der Waals surface area (Å²) >= 11 is 11.9. The average molecular weight is 501 g/mol. The van der Waals surface area contributed by atoms with Gasteiger partial charge in [-0.15, -0.1) is 0 Å². The first-order chi connectivity index (χ1) is 16.5. The van der Waals surface area contributed by atoms with Crippen molar-refractivity contribution in [2.75, 3.05) is 13.7 Å². The summed E-state index contributed by atoms with van der Waals surface area (Å²) in [6.07, 6.45) is 4.56. The van der Waals surface area contributed by atoms with E-state index in [4.69, 9.17) is 37.4 Å². The molecule has 0 saturated heterocycles. The summed E-state index contributed by atoms with van der Waals surface area (Å²) in [6.45, 7) is 2.84. The number of ether oxygens (including phenoxy) is 3. The van der Waals surface area contributed by atoms with Crippen molar-refractivity contribution in [1.82, 2.24) is 0 Å². The molecular weight excluding hydrogens is 475 g/mol. The van der Waals surface area contributed by atoms with Gasteiger partial charge in [0, 0.05) is 6.07 Å². The van der Waals surface area contributed by atoms with Gasteiger partial charge in [0.15, 0.2) is 11.5 Å². The normalized spacial score (nSPS) is 10.9. The summed E-state index contributed by atoms with van der Waals surface area (Å²) in [4.78, 5) is 12.6. The lowest BCUT2D eigenvalue weighted by atomic mass is 10.2. The third-order valence-corrected chi connectivity index (χ3v) is 5.63. The van der Waals surface area contributed by atoms with Gasteiger partial charge in [0.1, 0.15) is 5.75 Å². The van der Waals surface area contributed by atoms with Crippen LogP contribution in [0.15, 0.2) is 70.9 Å². The minimum atomic E-state index is -0.502. The Bertz CT molecular complexity index is 1130. The lowest BCUT2D eigenvalue weighted by Gasteiger charge is -2.10. The van der Waals surface area contributed by atoms with Crippen molar-refractivity contribution in [2.24, 2.45) is 10.2 Å². The molecule has 0 unspecified atom stereocenters. The zero-order valence-corrected chi connectivity index (χ0v) is 20.6. The average Bonchev–Trinajstić information content (AvgIpc) is 2.85. The number of nitrogens with zero attached hydrogens (tertiary/aromatic N) is 2. The summed E-state index contributed by atoms with van der Waals surface area (Å²) in [5.41, 5.74) is 1.48. The number of methoxy groups -OCH3 is 1. The molecule has 0 fully saturated rings. The van der Waals surface area contributed by atoms with Crippen molar-refractivity contribution in [3.63, 3.8) is 0 Å². The van der Waals surface area contributed by atoms with Crippen molar-refractivity contribution in [2.45, 2.75) is 32.6 Å². The number of rotatable bonds is 11. The Morgan fingerprint density at radius 3 is 2.21 bits per heavy atom. The van der Waals surface area contributed by atoms with Gasteiger partial charge >= 0.3 is 5.97 Å². The van der Waals surface area contributed by atoms with E-state index in [1.807, 2.05) is 0 Å².